The number of rotatable bonds is 10. The van der Waals surface area contributed by atoms with Gasteiger partial charge in [-0.1, -0.05) is 13.0 Å². The third-order valence-electron chi connectivity index (χ3n) is 4.73. The van der Waals surface area contributed by atoms with Crippen LogP contribution in [-0.2, 0) is 24.2 Å². The third kappa shape index (κ3) is 7.57. The highest BCUT2D eigenvalue weighted by molar-refractivity contribution is 7.91. The average molecular weight is 454 g/mol. The molecule has 2 rings (SSSR count). The summed E-state index contributed by atoms with van der Waals surface area (Å²) in [5.74, 6) is 0.144. The molecule has 0 aliphatic carbocycles. The van der Waals surface area contributed by atoms with Crippen molar-refractivity contribution in [2.45, 2.75) is 45.8 Å². The molecule has 1 aromatic carbocycles. The highest BCUT2D eigenvalue weighted by Gasteiger charge is 2.34. The lowest BCUT2D eigenvalue weighted by Crippen LogP contribution is -2.43. The first kappa shape index (κ1) is 24.7. The van der Waals surface area contributed by atoms with Crippen LogP contribution in [0.1, 0.15) is 39.2 Å². The van der Waals surface area contributed by atoms with Crippen LogP contribution in [0.4, 0.5) is 0 Å². The molecule has 0 N–H and O–H groups in total. The Morgan fingerprint density at radius 1 is 1.26 bits per heavy atom. The van der Waals surface area contributed by atoms with E-state index >= 15 is 0 Å². The Labute approximate surface area is 184 Å². The number of nitrogens with zero attached hydrogens (tertiary/aromatic N) is 1. The summed E-state index contributed by atoms with van der Waals surface area (Å²) in [7, 11) is -1.58. The molecular weight excluding hydrogens is 422 g/mol. The number of sulfone groups is 1. The molecule has 0 radical (unpaired) electrons. The fourth-order valence-corrected chi connectivity index (χ4v) is 5.07. The summed E-state index contributed by atoms with van der Waals surface area (Å²) in [4.78, 5) is 26.1. The van der Waals surface area contributed by atoms with Crippen LogP contribution >= 0.6 is 0 Å². The van der Waals surface area contributed by atoms with Gasteiger partial charge in [0.2, 0.25) is 0 Å². The van der Waals surface area contributed by atoms with Crippen LogP contribution in [0.15, 0.2) is 24.3 Å². The standard InChI is InChI=1S/C22H31NO7S/c1-5-11-23(18-10-12-31(26,27)15-18)21(24)14-29-22(25)9-7-17-6-8-19(30-16(2)3)20(13-17)28-4/h6-9,13,16,18H,5,10-12,14-15H2,1-4H3. The van der Waals surface area contributed by atoms with Gasteiger partial charge in [-0.2, -0.15) is 0 Å². The molecule has 1 fully saturated rings. The van der Waals surface area contributed by atoms with E-state index in [1.54, 1.807) is 24.3 Å². The van der Waals surface area contributed by atoms with E-state index in [1.807, 2.05) is 20.8 Å². The monoisotopic (exact) mass is 453 g/mol. The summed E-state index contributed by atoms with van der Waals surface area (Å²) in [5.41, 5.74) is 0.708. The maximum atomic E-state index is 12.5. The van der Waals surface area contributed by atoms with Gasteiger partial charge in [-0.15, -0.1) is 0 Å². The van der Waals surface area contributed by atoms with Crippen molar-refractivity contribution in [2.75, 3.05) is 31.8 Å². The van der Waals surface area contributed by atoms with Gasteiger partial charge in [0.15, 0.2) is 27.9 Å². The second kappa shape index (κ2) is 11.2. The molecule has 1 unspecified atom stereocenters. The maximum Gasteiger partial charge on any atom is 0.331 e. The average Bonchev–Trinajstić information content (AvgIpc) is 3.08. The predicted molar refractivity (Wildman–Crippen MR) is 118 cm³/mol. The highest BCUT2D eigenvalue weighted by Crippen LogP contribution is 2.29. The fraction of sp³-hybridized carbons (Fsp3) is 0.545. The molecule has 1 aliphatic heterocycles. The largest absolute Gasteiger partial charge is 0.493 e. The van der Waals surface area contributed by atoms with E-state index in [-0.39, 0.29) is 29.6 Å². The summed E-state index contributed by atoms with van der Waals surface area (Å²) in [6.45, 7) is 5.74. The van der Waals surface area contributed by atoms with E-state index in [4.69, 9.17) is 14.2 Å². The molecule has 0 spiro atoms. The van der Waals surface area contributed by atoms with Gasteiger partial charge in [-0.05, 0) is 50.5 Å². The Morgan fingerprint density at radius 3 is 2.58 bits per heavy atom. The molecule has 0 aromatic heterocycles. The van der Waals surface area contributed by atoms with E-state index in [0.717, 1.165) is 0 Å². The number of benzene rings is 1. The summed E-state index contributed by atoms with van der Waals surface area (Å²) >= 11 is 0. The van der Waals surface area contributed by atoms with Gasteiger partial charge < -0.3 is 19.1 Å². The number of hydrogen-bond acceptors (Lipinski definition) is 7. The van der Waals surface area contributed by atoms with Crippen LogP contribution in [0.25, 0.3) is 6.08 Å². The minimum Gasteiger partial charge on any atom is -0.493 e. The third-order valence-corrected chi connectivity index (χ3v) is 6.48. The Balaban J connectivity index is 1.94. The van der Waals surface area contributed by atoms with Crippen LogP contribution in [0.2, 0.25) is 0 Å². The smallest absolute Gasteiger partial charge is 0.331 e. The van der Waals surface area contributed by atoms with Gasteiger partial charge in [0, 0.05) is 18.7 Å². The topological polar surface area (TPSA) is 99.2 Å². The van der Waals surface area contributed by atoms with Gasteiger partial charge in [-0.3, -0.25) is 4.79 Å². The first-order valence-corrected chi connectivity index (χ1v) is 12.2. The number of methoxy groups -OCH3 is 1. The van der Waals surface area contributed by atoms with E-state index in [9.17, 15) is 18.0 Å². The lowest BCUT2D eigenvalue weighted by atomic mass is 10.2. The Hall–Kier alpha value is -2.55. The van der Waals surface area contributed by atoms with E-state index < -0.39 is 22.4 Å². The van der Waals surface area contributed by atoms with Gasteiger partial charge >= 0.3 is 5.97 Å². The maximum absolute atomic E-state index is 12.5. The Kier molecular flexibility index (Phi) is 8.91. The van der Waals surface area contributed by atoms with Crippen molar-refractivity contribution in [1.29, 1.82) is 0 Å². The van der Waals surface area contributed by atoms with E-state index in [1.165, 1.54) is 18.1 Å². The summed E-state index contributed by atoms with van der Waals surface area (Å²) in [5, 5.41) is 0. The first-order valence-electron chi connectivity index (χ1n) is 10.3. The Morgan fingerprint density at radius 2 is 2.00 bits per heavy atom. The molecule has 8 nitrogen and oxygen atoms in total. The molecule has 0 saturated carbocycles. The van der Waals surface area contributed by atoms with Gasteiger partial charge in [0.1, 0.15) is 0 Å². The van der Waals surface area contributed by atoms with Crippen LogP contribution in [-0.4, -0.2) is 69.1 Å². The quantitative estimate of drug-likeness (QED) is 0.396. The second-order valence-electron chi connectivity index (χ2n) is 7.66. The fourth-order valence-electron chi connectivity index (χ4n) is 3.34. The van der Waals surface area contributed by atoms with Crippen molar-refractivity contribution >= 4 is 27.8 Å². The van der Waals surface area contributed by atoms with E-state index in [0.29, 0.717) is 36.4 Å². The van der Waals surface area contributed by atoms with Crippen molar-refractivity contribution in [3.8, 4) is 11.5 Å². The molecule has 0 bridgehead atoms. The molecule has 1 atom stereocenters. The van der Waals surface area contributed by atoms with Gasteiger partial charge in [-0.25, -0.2) is 13.2 Å². The van der Waals surface area contributed by atoms with Crippen LogP contribution in [0, 0.1) is 0 Å². The number of hydrogen-bond donors (Lipinski definition) is 0. The van der Waals surface area contributed by atoms with Crippen LogP contribution < -0.4 is 9.47 Å². The van der Waals surface area contributed by atoms with Crippen molar-refractivity contribution < 1.29 is 32.2 Å². The van der Waals surface area contributed by atoms with Crippen molar-refractivity contribution in [3.05, 3.63) is 29.8 Å². The van der Waals surface area contributed by atoms with Crippen LogP contribution in [0.5, 0.6) is 11.5 Å². The van der Waals surface area contributed by atoms with Crippen LogP contribution in [0.3, 0.4) is 0 Å². The SMILES string of the molecule is CCCN(C(=O)COC(=O)C=Cc1ccc(OC(C)C)c(OC)c1)C1CCS(=O)(=O)C1. The lowest BCUT2D eigenvalue weighted by molar-refractivity contribution is -0.149. The molecule has 1 aliphatic rings. The van der Waals surface area contributed by atoms with Gasteiger partial charge in [0.25, 0.3) is 5.91 Å². The second-order valence-corrected chi connectivity index (χ2v) is 9.89. The van der Waals surface area contributed by atoms with Crippen molar-refractivity contribution in [1.82, 2.24) is 4.90 Å². The number of ether oxygens (including phenoxy) is 3. The zero-order valence-corrected chi connectivity index (χ0v) is 19.3. The lowest BCUT2D eigenvalue weighted by Gasteiger charge is -2.27. The molecule has 31 heavy (non-hydrogen) atoms. The summed E-state index contributed by atoms with van der Waals surface area (Å²) in [6, 6.07) is 4.91. The predicted octanol–water partition coefficient (Wildman–Crippen LogP) is 2.46. The zero-order valence-electron chi connectivity index (χ0n) is 18.5. The molecule has 1 aromatic rings. The van der Waals surface area contributed by atoms with Crippen molar-refractivity contribution in [2.24, 2.45) is 0 Å². The molecule has 9 heteroatoms. The molecule has 1 amide bonds. The Bertz CT molecular complexity index is 908. The molecule has 1 heterocycles. The molecule has 1 saturated heterocycles. The number of amides is 1. The van der Waals surface area contributed by atoms with Gasteiger partial charge in [0.05, 0.1) is 24.7 Å². The normalized spacial score (nSPS) is 17.6. The zero-order chi connectivity index (χ0) is 23.0. The highest BCUT2D eigenvalue weighted by atomic mass is 32.2. The minimum absolute atomic E-state index is 0.000536. The number of esters is 1. The number of carbonyl (C=O) groups excluding carboxylic acids is 2. The number of carbonyl (C=O) groups is 2. The molecule has 172 valence electrons. The minimum atomic E-state index is -3.11. The molecular formula is C22H31NO7S. The van der Waals surface area contributed by atoms with E-state index in [2.05, 4.69) is 0 Å². The van der Waals surface area contributed by atoms with Crippen molar-refractivity contribution in [3.63, 3.8) is 0 Å². The summed E-state index contributed by atoms with van der Waals surface area (Å²) < 4.78 is 39.5. The first-order chi connectivity index (χ1) is 14.6. The summed E-state index contributed by atoms with van der Waals surface area (Å²) in [6.07, 6.45) is 3.89.